The van der Waals surface area contributed by atoms with Crippen LogP contribution in [-0.2, 0) is 26.0 Å². The van der Waals surface area contributed by atoms with Crippen LogP contribution in [0.15, 0.2) is 24.3 Å². The van der Waals surface area contributed by atoms with Crippen molar-refractivity contribution in [2.75, 3.05) is 19.8 Å². The van der Waals surface area contributed by atoms with Gasteiger partial charge in [-0.05, 0) is 50.7 Å². The van der Waals surface area contributed by atoms with Crippen molar-refractivity contribution >= 4 is 6.09 Å². The Balaban J connectivity index is 1.63. The predicted molar refractivity (Wildman–Crippen MR) is 95.6 cm³/mol. The molecule has 1 heterocycles. The highest BCUT2D eigenvalue weighted by Crippen LogP contribution is 2.44. The van der Waals surface area contributed by atoms with Crippen LogP contribution < -0.4 is 5.32 Å². The molecule has 2 aliphatic rings. The molecular weight excluding hydrogens is 318 g/mol. The normalized spacial score (nSPS) is 23.0. The third-order valence-corrected chi connectivity index (χ3v) is 5.46. The fourth-order valence-electron chi connectivity index (χ4n) is 3.58. The third-order valence-electron chi connectivity index (χ3n) is 5.46. The number of amides is 1. The van der Waals surface area contributed by atoms with Crippen LogP contribution in [0.1, 0.15) is 51.2 Å². The summed E-state index contributed by atoms with van der Waals surface area (Å²) in [6, 6.07) is 8.46. The zero-order valence-electron chi connectivity index (χ0n) is 15.5. The third kappa shape index (κ3) is 4.15. The van der Waals surface area contributed by atoms with E-state index in [9.17, 15) is 4.79 Å². The van der Waals surface area contributed by atoms with Crippen molar-refractivity contribution in [2.24, 2.45) is 0 Å². The highest BCUT2D eigenvalue weighted by Gasteiger charge is 2.43. The van der Waals surface area contributed by atoms with Crippen LogP contribution in [0, 0.1) is 0 Å². The molecule has 1 aliphatic carbocycles. The summed E-state index contributed by atoms with van der Waals surface area (Å²) in [4.78, 5) is 12.2. The maximum absolute atomic E-state index is 12.2. The van der Waals surface area contributed by atoms with E-state index in [-0.39, 0.29) is 17.8 Å². The Morgan fingerprint density at radius 3 is 2.72 bits per heavy atom. The minimum Gasteiger partial charge on any atom is -0.444 e. The maximum atomic E-state index is 12.2. The van der Waals surface area contributed by atoms with Gasteiger partial charge in [0, 0.05) is 12.0 Å². The Morgan fingerprint density at radius 2 is 2.04 bits per heavy atom. The molecule has 1 amide bonds. The topological polar surface area (TPSA) is 56.8 Å². The Kier molecular flexibility index (Phi) is 5.35. The Morgan fingerprint density at radius 1 is 1.32 bits per heavy atom. The van der Waals surface area contributed by atoms with Gasteiger partial charge in [-0.2, -0.15) is 0 Å². The zero-order chi connectivity index (χ0) is 17.9. The van der Waals surface area contributed by atoms with Gasteiger partial charge >= 0.3 is 6.09 Å². The van der Waals surface area contributed by atoms with Gasteiger partial charge in [0.15, 0.2) is 6.29 Å². The van der Waals surface area contributed by atoms with Crippen molar-refractivity contribution in [2.45, 2.75) is 63.8 Å². The van der Waals surface area contributed by atoms with Crippen molar-refractivity contribution in [3.05, 3.63) is 35.4 Å². The number of alkyl carbamates (subject to hydrolysis) is 1. The summed E-state index contributed by atoms with van der Waals surface area (Å²) in [6.07, 6.45) is 3.05. The lowest BCUT2D eigenvalue weighted by Gasteiger charge is -2.45. The van der Waals surface area contributed by atoms with Crippen molar-refractivity contribution in [3.8, 4) is 0 Å². The summed E-state index contributed by atoms with van der Waals surface area (Å²) in [6.45, 7) is 7.79. The molecule has 5 nitrogen and oxygen atoms in total. The van der Waals surface area contributed by atoms with Gasteiger partial charge in [0.1, 0.15) is 5.60 Å². The van der Waals surface area contributed by atoms with Crippen LogP contribution in [0.3, 0.4) is 0 Å². The van der Waals surface area contributed by atoms with Gasteiger partial charge in [-0.1, -0.05) is 31.2 Å². The van der Waals surface area contributed by atoms with E-state index in [1.807, 2.05) is 20.8 Å². The van der Waals surface area contributed by atoms with E-state index in [0.29, 0.717) is 19.8 Å². The molecule has 25 heavy (non-hydrogen) atoms. The molecule has 1 fully saturated rings. The minimum atomic E-state index is -0.444. The van der Waals surface area contributed by atoms with Gasteiger partial charge in [-0.25, -0.2) is 4.79 Å². The summed E-state index contributed by atoms with van der Waals surface area (Å²) >= 11 is 0. The van der Waals surface area contributed by atoms with Crippen molar-refractivity contribution < 1.29 is 19.0 Å². The van der Waals surface area contributed by atoms with Crippen LogP contribution in [0.4, 0.5) is 4.79 Å². The van der Waals surface area contributed by atoms with Crippen molar-refractivity contribution in [3.63, 3.8) is 0 Å². The molecule has 138 valence electrons. The molecule has 1 aromatic rings. The molecule has 1 unspecified atom stereocenters. The lowest BCUT2D eigenvalue weighted by atomic mass is 9.61. The molecule has 5 heteroatoms. The molecule has 0 radical (unpaired) electrons. The van der Waals surface area contributed by atoms with Gasteiger partial charge in [-0.15, -0.1) is 0 Å². The smallest absolute Gasteiger partial charge is 0.407 e. The van der Waals surface area contributed by atoms with Gasteiger partial charge in [0.25, 0.3) is 0 Å². The fraction of sp³-hybridized carbons (Fsp3) is 0.650. The van der Waals surface area contributed by atoms with E-state index in [4.69, 9.17) is 14.2 Å². The molecule has 1 atom stereocenters. The number of carbonyl (C=O) groups excluding carboxylic acids is 1. The summed E-state index contributed by atoms with van der Waals surface area (Å²) < 4.78 is 16.7. The molecule has 3 rings (SSSR count). The van der Waals surface area contributed by atoms with Crippen LogP contribution in [0.2, 0.25) is 0 Å². The second-order valence-corrected chi connectivity index (χ2v) is 7.68. The molecule has 0 saturated carbocycles. The highest BCUT2D eigenvalue weighted by molar-refractivity contribution is 5.68. The number of rotatable bonds is 7. The van der Waals surface area contributed by atoms with E-state index in [2.05, 4.69) is 29.6 Å². The summed E-state index contributed by atoms with van der Waals surface area (Å²) in [5.41, 5.74) is 2.18. The lowest BCUT2D eigenvalue weighted by Crippen LogP contribution is -2.49. The van der Waals surface area contributed by atoms with E-state index >= 15 is 0 Å². The average molecular weight is 347 g/mol. The highest BCUT2D eigenvalue weighted by atomic mass is 16.7. The molecular formula is C20H29NO4. The van der Waals surface area contributed by atoms with Crippen LogP contribution >= 0.6 is 0 Å². The van der Waals surface area contributed by atoms with Crippen LogP contribution in [-0.4, -0.2) is 37.7 Å². The molecule has 1 N–H and O–H groups in total. The molecule has 0 spiro atoms. The summed E-state index contributed by atoms with van der Waals surface area (Å²) in [7, 11) is 0. The molecule has 1 saturated heterocycles. The first-order valence-corrected chi connectivity index (χ1v) is 9.23. The zero-order valence-corrected chi connectivity index (χ0v) is 15.5. The second-order valence-electron chi connectivity index (χ2n) is 7.68. The van der Waals surface area contributed by atoms with E-state index in [1.165, 1.54) is 11.1 Å². The number of hydrogen-bond acceptors (Lipinski definition) is 4. The maximum Gasteiger partial charge on any atom is 0.407 e. The average Bonchev–Trinajstić information content (AvgIpc) is 3.08. The van der Waals surface area contributed by atoms with Gasteiger partial charge in [0.2, 0.25) is 0 Å². The monoisotopic (exact) mass is 347 g/mol. The van der Waals surface area contributed by atoms with Crippen molar-refractivity contribution in [1.82, 2.24) is 5.32 Å². The molecule has 1 aliphatic heterocycles. The van der Waals surface area contributed by atoms with Gasteiger partial charge in [-0.3, -0.25) is 0 Å². The largest absolute Gasteiger partial charge is 0.444 e. The standard InChI is InChI=1S/C20H29NO4/c1-4-19(2,3)25-18(22)21-14-20(10-9-17-23-11-12-24-17)13-15-7-5-6-8-16(15)20/h5-8,17H,4,9-14H2,1-3H3,(H,21,22). The first-order valence-electron chi connectivity index (χ1n) is 9.23. The van der Waals surface area contributed by atoms with Crippen LogP contribution in [0.5, 0.6) is 0 Å². The van der Waals surface area contributed by atoms with E-state index in [1.54, 1.807) is 0 Å². The SMILES string of the molecule is CCC(C)(C)OC(=O)NCC1(CCC2OCCO2)Cc2ccccc21. The Labute approximate surface area is 150 Å². The first kappa shape index (κ1) is 18.2. The second kappa shape index (κ2) is 7.34. The van der Waals surface area contributed by atoms with E-state index < -0.39 is 5.60 Å². The van der Waals surface area contributed by atoms with Crippen molar-refractivity contribution in [1.29, 1.82) is 0 Å². The Hall–Kier alpha value is -1.59. The fourth-order valence-corrected chi connectivity index (χ4v) is 3.58. The van der Waals surface area contributed by atoms with E-state index in [0.717, 1.165) is 25.7 Å². The van der Waals surface area contributed by atoms with Crippen LogP contribution in [0.25, 0.3) is 0 Å². The number of benzene rings is 1. The number of hydrogen-bond donors (Lipinski definition) is 1. The predicted octanol–water partition coefficient (Wildman–Crippen LogP) is 3.55. The summed E-state index contributed by atoms with van der Waals surface area (Å²) in [5, 5.41) is 2.99. The minimum absolute atomic E-state index is 0.0543. The Bertz CT molecular complexity index is 609. The molecule has 1 aromatic carbocycles. The molecule has 0 aromatic heterocycles. The van der Waals surface area contributed by atoms with Gasteiger partial charge < -0.3 is 19.5 Å². The number of ether oxygens (including phenoxy) is 3. The number of nitrogens with one attached hydrogen (secondary N) is 1. The summed E-state index contributed by atoms with van der Waals surface area (Å²) in [5.74, 6) is 0. The van der Waals surface area contributed by atoms with Gasteiger partial charge in [0.05, 0.1) is 13.2 Å². The number of fused-ring (bicyclic) bond motifs is 1. The first-order chi connectivity index (χ1) is 11.9. The quantitative estimate of drug-likeness (QED) is 0.819. The number of carbonyl (C=O) groups is 1. The molecule has 0 bridgehead atoms. The lowest BCUT2D eigenvalue weighted by molar-refractivity contribution is -0.0521.